The highest BCUT2D eigenvalue weighted by Crippen LogP contribution is 2.36. The maximum Gasteiger partial charge on any atom is 0.494 e. The van der Waals surface area contributed by atoms with Crippen LogP contribution >= 0.6 is 0 Å². The van der Waals surface area contributed by atoms with Crippen LogP contribution in [0.15, 0.2) is 34.9 Å². The Balaban J connectivity index is 1.83. The largest absolute Gasteiger partial charge is 0.494 e. The van der Waals surface area contributed by atoms with Crippen molar-refractivity contribution in [3.05, 3.63) is 36.2 Å². The summed E-state index contributed by atoms with van der Waals surface area (Å²) in [6.07, 6.45) is 1.72. The number of benzene rings is 1. The summed E-state index contributed by atoms with van der Waals surface area (Å²) in [6.45, 7) is 10.1. The second kappa shape index (κ2) is 4.72. The van der Waals surface area contributed by atoms with Gasteiger partial charge in [0.1, 0.15) is 5.76 Å². The summed E-state index contributed by atoms with van der Waals surface area (Å²) >= 11 is 0. The number of nitrogens with zero attached hydrogens (tertiary/aromatic N) is 1. The molecule has 110 valence electrons. The number of aryl methyl sites for hydroxylation is 1. The minimum Gasteiger partial charge on any atom is -0.441 e. The van der Waals surface area contributed by atoms with Crippen LogP contribution in [0.3, 0.4) is 0 Å². The van der Waals surface area contributed by atoms with E-state index < -0.39 is 0 Å². The second-order valence-corrected chi connectivity index (χ2v) is 6.49. The van der Waals surface area contributed by atoms with Crippen LogP contribution in [0.2, 0.25) is 0 Å². The Labute approximate surface area is 125 Å². The second-order valence-electron chi connectivity index (χ2n) is 6.49. The molecule has 2 aromatic rings. The molecule has 0 bridgehead atoms. The van der Waals surface area contributed by atoms with Crippen molar-refractivity contribution < 1.29 is 13.7 Å². The zero-order valence-corrected chi connectivity index (χ0v) is 13.1. The first-order valence-electron chi connectivity index (χ1n) is 7.17. The van der Waals surface area contributed by atoms with Crippen molar-refractivity contribution in [2.75, 3.05) is 0 Å². The van der Waals surface area contributed by atoms with Crippen LogP contribution in [0.25, 0.3) is 11.5 Å². The Kier molecular flexibility index (Phi) is 3.22. The molecule has 1 aromatic heterocycles. The van der Waals surface area contributed by atoms with Crippen molar-refractivity contribution in [2.24, 2.45) is 0 Å². The van der Waals surface area contributed by atoms with Gasteiger partial charge in [-0.15, -0.1) is 0 Å². The molecule has 3 rings (SSSR count). The smallest absolute Gasteiger partial charge is 0.441 e. The lowest BCUT2D eigenvalue weighted by molar-refractivity contribution is 0.00578. The summed E-state index contributed by atoms with van der Waals surface area (Å²) in [5, 5.41) is 0. The van der Waals surface area contributed by atoms with Crippen molar-refractivity contribution in [1.29, 1.82) is 0 Å². The predicted octanol–water partition coefficient (Wildman–Crippen LogP) is 2.95. The molecule has 0 N–H and O–H groups in total. The van der Waals surface area contributed by atoms with Gasteiger partial charge in [-0.3, -0.25) is 0 Å². The number of aromatic nitrogens is 1. The fourth-order valence-electron chi connectivity index (χ4n) is 2.25. The fraction of sp³-hybridized carbons (Fsp3) is 0.438. The van der Waals surface area contributed by atoms with Crippen LogP contribution in [-0.4, -0.2) is 23.3 Å². The van der Waals surface area contributed by atoms with Gasteiger partial charge < -0.3 is 13.7 Å². The van der Waals surface area contributed by atoms with E-state index in [2.05, 4.69) is 32.7 Å². The van der Waals surface area contributed by atoms with Crippen molar-refractivity contribution in [2.45, 2.75) is 45.8 Å². The summed E-state index contributed by atoms with van der Waals surface area (Å²) < 4.78 is 17.6. The van der Waals surface area contributed by atoms with Gasteiger partial charge in [-0.25, -0.2) is 4.98 Å². The molecule has 0 unspecified atom stereocenters. The fourth-order valence-corrected chi connectivity index (χ4v) is 2.25. The molecule has 4 nitrogen and oxygen atoms in total. The molecule has 0 atom stereocenters. The molecule has 1 aliphatic rings. The molecule has 0 aliphatic carbocycles. The maximum absolute atomic E-state index is 6.04. The molecule has 0 spiro atoms. The predicted molar refractivity (Wildman–Crippen MR) is 82.4 cm³/mol. The van der Waals surface area contributed by atoms with Crippen molar-refractivity contribution >= 4 is 12.6 Å². The van der Waals surface area contributed by atoms with Crippen LogP contribution in [-0.2, 0) is 9.31 Å². The summed E-state index contributed by atoms with van der Waals surface area (Å²) in [7, 11) is -0.338. The molecule has 2 heterocycles. The van der Waals surface area contributed by atoms with E-state index in [0.29, 0.717) is 5.89 Å². The van der Waals surface area contributed by atoms with Crippen molar-refractivity contribution in [1.82, 2.24) is 4.98 Å². The van der Waals surface area contributed by atoms with Crippen molar-refractivity contribution in [3.8, 4) is 11.5 Å². The lowest BCUT2D eigenvalue weighted by atomic mass is 9.79. The minimum atomic E-state index is -0.338. The van der Waals surface area contributed by atoms with Crippen LogP contribution < -0.4 is 5.46 Å². The molecule has 1 fully saturated rings. The van der Waals surface area contributed by atoms with E-state index >= 15 is 0 Å². The summed E-state index contributed by atoms with van der Waals surface area (Å²) in [5.41, 5.74) is 1.30. The van der Waals surface area contributed by atoms with Gasteiger partial charge in [0.15, 0.2) is 0 Å². The lowest BCUT2D eigenvalue weighted by Crippen LogP contribution is -2.41. The highest BCUT2D eigenvalue weighted by Gasteiger charge is 2.51. The van der Waals surface area contributed by atoms with E-state index in [-0.39, 0.29) is 18.3 Å². The number of hydrogen-bond donors (Lipinski definition) is 0. The van der Waals surface area contributed by atoms with E-state index in [4.69, 9.17) is 13.7 Å². The van der Waals surface area contributed by atoms with Crippen LogP contribution in [0.1, 0.15) is 33.5 Å². The van der Waals surface area contributed by atoms with Gasteiger partial charge >= 0.3 is 7.12 Å². The van der Waals surface area contributed by atoms with E-state index in [1.54, 1.807) is 6.20 Å². The molecular formula is C16H20BNO3. The highest BCUT2D eigenvalue weighted by atomic mass is 16.7. The number of oxazole rings is 1. The third-order valence-corrected chi connectivity index (χ3v) is 4.30. The number of rotatable bonds is 2. The van der Waals surface area contributed by atoms with Crippen molar-refractivity contribution in [3.63, 3.8) is 0 Å². The SMILES string of the molecule is Cc1cnc(-c2ccc(B3OC(C)(C)C(C)(C)O3)cc2)o1. The van der Waals surface area contributed by atoms with Crippen LogP contribution in [0.4, 0.5) is 0 Å². The average molecular weight is 285 g/mol. The first-order valence-corrected chi connectivity index (χ1v) is 7.17. The zero-order chi connectivity index (χ0) is 15.3. The van der Waals surface area contributed by atoms with Crippen LogP contribution in [0, 0.1) is 6.92 Å². The molecular weight excluding hydrogens is 265 g/mol. The third-order valence-electron chi connectivity index (χ3n) is 4.30. The van der Waals surface area contributed by atoms with Gasteiger partial charge in [0, 0.05) is 5.56 Å². The summed E-state index contributed by atoms with van der Waals surface area (Å²) in [5.74, 6) is 1.44. The molecule has 0 saturated carbocycles. The Bertz CT molecular complexity index is 630. The lowest BCUT2D eigenvalue weighted by Gasteiger charge is -2.32. The molecule has 5 heteroatoms. The Morgan fingerprint density at radius 2 is 1.52 bits per heavy atom. The van der Waals surface area contributed by atoms with Gasteiger partial charge in [0.2, 0.25) is 5.89 Å². The first-order chi connectivity index (χ1) is 9.78. The van der Waals surface area contributed by atoms with E-state index in [9.17, 15) is 0 Å². The first kappa shape index (κ1) is 14.4. The van der Waals surface area contributed by atoms with Gasteiger partial charge in [-0.2, -0.15) is 0 Å². The van der Waals surface area contributed by atoms with E-state index in [1.807, 2.05) is 31.2 Å². The molecule has 21 heavy (non-hydrogen) atoms. The monoisotopic (exact) mass is 285 g/mol. The Morgan fingerprint density at radius 3 is 2.00 bits per heavy atom. The molecule has 1 aliphatic heterocycles. The average Bonchev–Trinajstić information content (AvgIpc) is 2.92. The Hall–Kier alpha value is -1.59. The molecule has 1 aromatic carbocycles. The number of hydrogen-bond acceptors (Lipinski definition) is 4. The summed E-state index contributed by atoms with van der Waals surface area (Å²) in [6, 6.07) is 7.95. The topological polar surface area (TPSA) is 44.5 Å². The molecule has 0 radical (unpaired) electrons. The van der Waals surface area contributed by atoms with Crippen LogP contribution in [0.5, 0.6) is 0 Å². The van der Waals surface area contributed by atoms with Gasteiger partial charge in [0.05, 0.1) is 17.4 Å². The standard InChI is InChI=1S/C16H20BNO3/c1-11-10-18-14(19-11)12-6-8-13(9-7-12)17-20-15(2,3)16(4,5)21-17/h6-10H,1-5H3. The minimum absolute atomic E-state index is 0.323. The van der Waals surface area contributed by atoms with Gasteiger partial charge in [-0.05, 0) is 52.2 Å². The summed E-state index contributed by atoms with van der Waals surface area (Å²) in [4.78, 5) is 4.23. The van der Waals surface area contributed by atoms with E-state index in [1.165, 1.54) is 0 Å². The Morgan fingerprint density at radius 1 is 0.952 bits per heavy atom. The van der Waals surface area contributed by atoms with Gasteiger partial charge in [-0.1, -0.05) is 12.1 Å². The molecule has 1 saturated heterocycles. The normalized spacial score (nSPS) is 20.0. The van der Waals surface area contributed by atoms with Gasteiger partial charge in [0.25, 0.3) is 0 Å². The molecule has 0 amide bonds. The third kappa shape index (κ3) is 2.52. The quantitative estimate of drug-likeness (QED) is 0.796. The maximum atomic E-state index is 6.04. The zero-order valence-electron chi connectivity index (χ0n) is 13.1. The highest BCUT2D eigenvalue weighted by molar-refractivity contribution is 6.62. The van der Waals surface area contributed by atoms with E-state index in [0.717, 1.165) is 16.8 Å².